The molecule has 8 heteroatoms. The number of carbonyl (C=O) groups is 1. The lowest BCUT2D eigenvalue weighted by Gasteiger charge is -2.18. The second kappa shape index (κ2) is 9.98. The average Bonchev–Trinajstić information content (AvgIpc) is 3.10. The number of hydrogen-bond acceptors (Lipinski definition) is 4. The van der Waals surface area contributed by atoms with Crippen LogP contribution in [0.2, 0.25) is 5.02 Å². The predicted octanol–water partition coefficient (Wildman–Crippen LogP) is 3.54. The van der Waals surface area contributed by atoms with E-state index >= 15 is 0 Å². The van der Waals surface area contributed by atoms with Crippen LogP contribution < -0.4 is 10.8 Å². The summed E-state index contributed by atoms with van der Waals surface area (Å²) in [5, 5.41) is 8.35. The molecule has 0 aliphatic heterocycles. The van der Waals surface area contributed by atoms with Gasteiger partial charge in [-0.1, -0.05) is 43.6 Å². The van der Waals surface area contributed by atoms with E-state index in [1.807, 2.05) is 37.4 Å². The van der Waals surface area contributed by atoms with Gasteiger partial charge in [0.1, 0.15) is 13.7 Å². The first-order valence-electron chi connectivity index (χ1n) is 10.2. The zero-order valence-electron chi connectivity index (χ0n) is 17.7. The molecule has 0 bridgehead atoms. The van der Waals surface area contributed by atoms with Crippen molar-refractivity contribution in [1.82, 2.24) is 19.5 Å². The van der Waals surface area contributed by atoms with Crippen molar-refractivity contribution in [3.8, 4) is 11.3 Å². The SMILES string of the molecule is [B]c1cnn2c(NCCCN(C)C(=O)CCC(C)C)cc(-c3ccccc3Cl)nc12. The molecule has 0 atom stereocenters. The molecule has 0 aliphatic rings. The van der Waals surface area contributed by atoms with Crippen LogP contribution in [0.25, 0.3) is 16.9 Å². The number of halogens is 1. The van der Waals surface area contributed by atoms with Gasteiger partial charge >= 0.3 is 0 Å². The number of nitrogens with one attached hydrogen (secondary N) is 1. The topological polar surface area (TPSA) is 62.5 Å². The van der Waals surface area contributed by atoms with Crippen molar-refractivity contribution in [2.45, 2.75) is 33.1 Å². The summed E-state index contributed by atoms with van der Waals surface area (Å²) in [7, 11) is 7.92. The number of rotatable bonds is 9. The van der Waals surface area contributed by atoms with Crippen LogP contribution in [0.3, 0.4) is 0 Å². The van der Waals surface area contributed by atoms with Crippen LogP contribution in [0, 0.1) is 5.92 Å². The van der Waals surface area contributed by atoms with Gasteiger partial charge in [0.25, 0.3) is 0 Å². The first-order valence-corrected chi connectivity index (χ1v) is 10.6. The second-order valence-electron chi connectivity index (χ2n) is 7.87. The fraction of sp³-hybridized carbons (Fsp3) is 0.409. The van der Waals surface area contributed by atoms with Gasteiger partial charge in [0.15, 0.2) is 5.65 Å². The molecule has 2 heterocycles. The van der Waals surface area contributed by atoms with Crippen LogP contribution in [0.15, 0.2) is 36.5 Å². The zero-order chi connectivity index (χ0) is 21.7. The van der Waals surface area contributed by atoms with Crippen LogP contribution in [-0.4, -0.2) is 53.4 Å². The number of benzene rings is 1. The lowest BCUT2D eigenvalue weighted by molar-refractivity contribution is -0.130. The molecule has 2 aromatic heterocycles. The third kappa shape index (κ3) is 5.33. The summed E-state index contributed by atoms with van der Waals surface area (Å²) in [4.78, 5) is 18.6. The minimum Gasteiger partial charge on any atom is -0.370 e. The largest absolute Gasteiger partial charge is 0.370 e. The van der Waals surface area contributed by atoms with Gasteiger partial charge in [-0.15, -0.1) is 0 Å². The van der Waals surface area contributed by atoms with E-state index in [-0.39, 0.29) is 5.91 Å². The highest BCUT2D eigenvalue weighted by Crippen LogP contribution is 2.28. The minimum absolute atomic E-state index is 0.191. The lowest BCUT2D eigenvalue weighted by Crippen LogP contribution is -2.29. The van der Waals surface area contributed by atoms with Gasteiger partial charge in [0, 0.05) is 49.4 Å². The maximum Gasteiger partial charge on any atom is 0.222 e. The molecule has 6 nitrogen and oxygen atoms in total. The number of carbonyl (C=O) groups excluding carboxylic acids is 1. The summed E-state index contributed by atoms with van der Waals surface area (Å²) in [5.41, 5.74) is 2.64. The molecule has 0 fully saturated rings. The summed E-state index contributed by atoms with van der Waals surface area (Å²) < 4.78 is 1.69. The van der Waals surface area contributed by atoms with Crippen molar-refractivity contribution in [3.63, 3.8) is 0 Å². The predicted molar refractivity (Wildman–Crippen MR) is 124 cm³/mol. The Labute approximate surface area is 184 Å². The van der Waals surface area contributed by atoms with E-state index in [1.54, 1.807) is 15.6 Å². The van der Waals surface area contributed by atoms with Crippen LogP contribution in [0.5, 0.6) is 0 Å². The lowest BCUT2D eigenvalue weighted by atomic mass is 10.0. The molecule has 156 valence electrons. The Balaban J connectivity index is 1.69. The van der Waals surface area contributed by atoms with E-state index in [1.165, 1.54) is 0 Å². The molecule has 2 radical (unpaired) electrons. The molecule has 3 rings (SSSR count). The van der Waals surface area contributed by atoms with Crippen LogP contribution in [-0.2, 0) is 4.79 Å². The Morgan fingerprint density at radius 1 is 1.33 bits per heavy atom. The van der Waals surface area contributed by atoms with Crippen LogP contribution >= 0.6 is 11.6 Å². The number of nitrogens with zero attached hydrogens (tertiary/aromatic N) is 4. The van der Waals surface area contributed by atoms with Crippen LogP contribution in [0.4, 0.5) is 5.82 Å². The Bertz CT molecular complexity index is 1020. The van der Waals surface area contributed by atoms with Gasteiger partial charge in [0.2, 0.25) is 5.91 Å². The van der Waals surface area contributed by atoms with Gasteiger partial charge in [-0.25, -0.2) is 4.98 Å². The first-order chi connectivity index (χ1) is 14.4. The highest BCUT2D eigenvalue weighted by molar-refractivity contribution is 6.36. The summed E-state index contributed by atoms with van der Waals surface area (Å²) in [5.74, 6) is 1.50. The number of aromatic nitrogens is 3. The molecular weight excluding hydrogens is 397 g/mol. The molecule has 3 aromatic rings. The summed E-state index contributed by atoms with van der Waals surface area (Å²) in [6.07, 6.45) is 3.92. The average molecular weight is 424 g/mol. The van der Waals surface area contributed by atoms with Gasteiger partial charge in [0.05, 0.1) is 5.69 Å². The third-order valence-electron chi connectivity index (χ3n) is 4.99. The third-order valence-corrected chi connectivity index (χ3v) is 5.32. The van der Waals surface area contributed by atoms with Gasteiger partial charge < -0.3 is 10.2 Å². The number of amides is 1. The first kappa shape index (κ1) is 22.2. The Morgan fingerprint density at radius 3 is 2.83 bits per heavy atom. The van der Waals surface area contributed by atoms with Crippen molar-refractivity contribution < 1.29 is 4.79 Å². The summed E-state index contributed by atoms with van der Waals surface area (Å²) in [6, 6.07) is 9.48. The van der Waals surface area contributed by atoms with Crippen molar-refractivity contribution >= 4 is 42.3 Å². The second-order valence-corrected chi connectivity index (χ2v) is 8.28. The molecule has 0 spiro atoms. The van der Waals surface area contributed by atoms with Crippen molar-refractivity contribution in [2.24, 2.45) is 5.92 Å². The molecule has 1 amide bonds. The Hall–Kier alpha value is -2.54. The quantitative estimate of drug-likeness (QED) is 0.422. The highest BCUT2D eigenvalue weighted by atomic mass is 35.5. The standard InChI is InChI=1S/C22H27BClN5O/c1-15(2)9-10-21(30)28(3)12-6-11-25-20-13-19(16-7-4-5-8-18(16)24)27-22-17(23)14-26-29(20)22/h4-5,7-8,13-15,25H,6,9-12H2,1-3H3. The Kier molecular flexibility index (Phi) is 7.37. The van der Waals surface area contributed by atoms with E-state index in [0.717, 1.165) is 29.9 Å². The van der Waals surface area contributed by atoms with E-state index < -0.39 is 0 Å². The van der Waals surface area contributed by atoms with E-state index in [0.29, 0.717) is 41.6 Å². The molecule has 30 heavy (non-hydrogen) atoms. The van der Waals surface area contributed by atoms with E-state index in [2.05, 4.69) is 29.2 Å². The zero-order valence-corrected chi connectivity index (χ0v) is 18.5. The monoisotopic (exact) mass is 423 g/mol. The van der Waals surface area contributed by atoms with Gasteiger partial charge in [-0.2, -0.15) is 9.61 Å². The number of fused-ring (bicyclic) bond motifs is 1. The summed E-state index contributed by atoms with van der Waals surface area (Å²) >= 11 is 6.36. The fourth-order valence-corrected chi connectivity index (χ4v) is 3.41. The Morgan fingerprint density at radius 2 is 2.10 bits per heavy atom. The minimum atomic E-state index is 0.191. The molecule has 0 saturated heterocycles. The van der Waals surface area contributed by atoms with E-state index in [9.17, 15) is 4.79 Å². The smallest absolute Gasteiger partial charge is 0.222 e. The van der Waals surface area contributed by atoms with Crippen molar-refractivity contribution in [1.29, 1.82) is 0 Å². The van der Waals surface area contributed by atoms with Gasteiger partial charge in [-0.05, 0) is 30.3 Å². The van der Waals surface area contributed by atoms with Gasteiger partial charge in [-0.3, -0.25) is 4.79 Å². The summed E-state index contributed by atoms with van der Waals surface area (Å²) in [6.45, 7) is 5.64. The van der Waals surface area contributed by atoms with Crippen molar-refractivity contribution in [2.75, 3.05) is 25.5 Å². The molecule has 1 aromatic carbocycles. The fourth-order valence-electron chi connectivity index (χ4n) is 3.17. The number of anilines is 1. The normalized spacial score (nSPS) is 11.2. The molecule has 0 aliphatic carbocycles. The highest BCUT2D eigenvalue weighted by Gasteiger charge is 2.13. The number of hydrogen-bond donors (Lipinski definition) is 1. The maximum atomic E-state index is 12.2. The maximum absolute atomic E-state index is 12.2. The van der Waals surface area contributed by atoms with Crippen molar-refractivity contribution in [3.05, 3.63) is 41.6 Å². The molecular formula is C22H27BClN5O. The molecule has 1 N–H and O–H groups in total. The van der Waals surface area contributed by atoms with E-state index in [4.69, 9.17) is 19.4 Å². The molecule has 0 saturated carbocycles. The van der Waals surface area contributed by atoms with Crippen LogP contribution in [0.1, 0.15) is 33.1 Å². The molecule has 0 unspecified atom stereocenters.